The fourth-order valence-electron chi connectivity index (χ4n) is 4.11. The Bertz CT molecular complexity index is 670. The minimum Gasteiger partial charge on any atom is -0.0625 e. The lowest BCUT2D eigenvalue weighted by molar-refractivity contribution is 0.348. The minimum atomic E-state index is 0.803. The van der Waals surface area contributed by atoms with E-state index in [-0.39, 0.29) is 0 Å². The number of rotatable bonds is 4. The summed E-state index contributed by atoms with van der Waals surface area (Å²) < 4.78 is 0. The van der Waals surface area contributed by atoms with Gasteiger partial charge in [-0.3, -0.25) is 0 Å². The number of benzene rings is 2. The van der Waals surface area contributed by atoms with E-state index in [0.717, 1.165) is 24.7 Å². The lowest BCUT2D eigenvalue weighted by Crippen LogP contribution is -2.10. The van der Waals surface area contributed by atoms with Crippen LogP contribution in [0.15, 0.2) is 36.4 Å². The highest BCUT2D eigenvalue weighted by Gasteiger charge is 2.19. The highest BCUT2D eigenvalue weighted by Crippen LogP contribution is 2.35. The molecule has 1 aliphatic rings. The van der Waals surface area contributed by atoms with Crippen LogP contribution in [0, 0.1) is 26.7 Å². The van der Waals surface area contributed by atoms with E-state index in [4.69, 9.17) is 0 Å². The van der Waals surface area contributed by atoms with Crippen molar-refractivity contribution in [3.8, 4) is 0 Å². The summed E-state index contributed by atoms with van der Waals surface area (Å²) in [5.41, 5.74) is 8.87. The quantitative estimate of drug-likeness (QED) is 0.588. The third-order valence-electron chi connectivity index (χ3n) is 6.32. The smallest absolute Gasteiger partial charge is 0.0162 e. The van der Waals surface area contributed by atoms with E-state index in [9.17, 15) is 0 Å². The Kier molecular flexibility index (Phi) is 5.43. The zero-order chi connectivity index (χ0) is 17.1. The summed E-state index contributed by atoms with van der Waals surface area (Å²) in [4.78, 5) is 0. The van der Waals surface area contributed by atoms with Crippen LogP contribution >= 0.6 is 0 Å². The second kappa shape index (κ2) is 7.55. The van der Waals surface area contributed by atoms with Crippen molar-refractivity contribution < 1.29 is 0 Å². The van der Waals surface area contributed by atoms with Crippen molar-refractivity contribution >= 4 is 0 Å². The van der Waals surface area contributed by atoms with Gasteiger partial charge in [0.15, 0.2) is 0 Å². The Hall–Kier alpha value is -1.56. The van der Waals surface area contributed by atoms with E-state index < -0.39 is 0 Å². The van der Waals surface area contributed by atoms with Crippen molar-refractivity contribution in [1.29, 1.82) is 0 Å². The maximum atomic E-state index is 2.40. The molecule has 0 unspecified atom stereocenters. The number of hydrogen-bond donors (Lipinski definition) is 0. The molecular formula is C24H32. The largest absolute Gasteiger partial charge is 0.0625 e. The van der Waals surface area contributed by atoms with Crippen LogP contribution in [-0.2, 0) is 12.8 Å². The molecule has 0 heteroatoms. The van der Waals surface area contributed by atoms with Gasteiger partial charge in [0.2, 0.25) is 0 Å². The number of aryl methyl sites for hydroxylation is 3. The lowest BCUT2D eigenvalue weighted by Gasteiger charge is -2.26. The van der Waals surface area contributed by atoms with Crippen molar-refractivity contribution in [3.63, 3.8) is 0 Å². The molecule has 0 bridgehead atoms. The van der Waals surface area contributed by atoms with E-state index in [1.165, 1.54) is 53.5 Å². The third-order valence-corrected chi connectivity index (χ3v) is 6.32. The minimum absolute atomic E-state index is 0.803. The SMILES string of the molecule is Cc1ccc(CCc2ccc(C3CCC(C)CC3)cc2)c(C)c1C. The fraction of sp³-hybridized carbons (Fsp3) is 0.500. The molecule has 24 heavy (non-hydrogen) atoms. The van der Waals surface area contributed by atoms with Crippen LogP contribution in [0.2, 0.25) is 0 Å². The Balaban J connectivity index is 1.61. The van der Waals surface area contributed by atoms with Gasteiger partial charge >= 0.3 is 0 Å². The first-order valence-corrected chi connectivity index (χ1v) is 9.69. The molecule has 0 heterocycles. The summed E-state index contributed by atoms with van der Waals surface area (Å²) in [5, 5.41) is 0. The summed E-state index contributed by atoms with van der Waals surface area (Å²) in [6, 6.07) is 14.1. The van der Waals surface area contributed by atoms with Crippen LogP contribution in [0.3, 0.4) is 0 Å². The van der Waals surface area contributed by atoms with Gasteiger partial charge in [-0.2, -0.15) is 0 Å². The second-order valence-corrected chi connectivity index (χ2v) is 7.99. The van der Waals surface area contributed by atoms with E-state index in [0.29, 0.717) is 0 Å². The summed E-state index contributed by atoms with van der Waals surface area (Å²) in [7, 11) is 0. The van der Waals surface area contributed by atoms with Gasteiger partial charge in [-0.05, 0) is 91.7 Å². The molecule has 0 nitrogen and oxygen atoms in total. The van der Waals surface area contributed by atoms with Gasteiger partial charge in [-0.15, -0.1) is 0 Å². The van der Waals surface area contributed by atoms with Gasteiger partial charge in [-0.25, -0.2) is 0 Å². The first-order chi connectivity index (χ1) is 11.5. The van der Waals surface area contributed by atoms with E-state index in [1.54, 1.807) is 5.56 Å². The Morgan fingerprint density at radius 2 is 1.42 bits per heavy atom. The van der Waals surface area contributed by atoms with Crippen molar-refractivity contribution in [2.75, 3.05) is 0 Å². The molecule has 2 aromatic carbocycles. The lowest BCUT2D eigenvalue weighted by atomic mass is 9.79. The van der Waals surface area contributed by atoms with Crippen molar-refractivity contribution in [3.05, 3.63) is 69.8 Å². The van der Waals surface area contributed by atoms with Gasteiger partial charge in [0.25, 0.3) is 0 Å². The second-order valence-electron chi connectivity index (χ2n) is 7.99. The van der Waals surface area contributed by atoms with Gasteiger partial charge in [-0.1, -0.05) is 56.2 Å². The molecule has 2 aromatic rings. The Labute approximate surface area is 148 Å². The first-order valence-electron chi connectivity index (χ1n) is 9.69. The van der Waals surface area contributed by atoms with Crippen LogP contribution < -0.4 is 0 Å². The van der Waals surface area contributed by atoms with Gasteiger partial charge in [0.05, 0.1) is 0 Å². The van der Waals surface area contributed by atoms with Crippen LogP contribution in [0.25, 0.3) is 0 Å². The highest BCUT2D eigenvalue weighted by molar-refractivity contribution is 5.39. The van der Waals surface area contributed by atoms with E-state index >= 15 is 0 Å². The summed E-state index contributed by atoms with van der Waals surface area (Å²) in [6.07, 6.45) is 7.85. The molecule has 3 rings (SSSR count). The molecule has 1 aliphatic carbocycles. The molecule has 0 aliphatic heterocycles. The van der Waals surface area contributed by atoms with Gasteiger partial charge in [0.1, 0.15) is 0 Å². The van der Waals surface area contributed by atoms with Crippen LogP contribution in [0.5, 0.6) is 0 Å². The maximum Gasteiger partial charge on any atom is -0.0162 e. The zero-order valence-electron chi connectivity index (χ0n) is 15.9. The summed E-state index contributed by atoms with van der Waals surface area (Å²) in [5.74, 6) is 1.74. The van der Waals surface area contributed by atoms with Crippen LogP contribution in [0.1, 0.15) is 71.9 Å². The first kappa shape index (κ1) is 17.3. The number of hydrogen-bond acceptors (Lipinski definition) is 0. The Morgan fingerprint density at radius 3 is 2.08 bits per heavy atom. The highest BCUT2D eigenvalue weighted by atomic mass is 14.2. The van der Waals surface area contributed by atoms with Crippen molar-refractivity contribution in [2.45, 2.75) is 72.1 Å². The molecule has 0 aromatic heterocycles. The van der Waals surface area contributed by atoms with Gasteiger partial charge < -0.3 is 0 Å². The third kappa shape index (κ3) is 3.91. The summed E-state index contributed by atoms with van der Waals surface area (Å²) >= 11 is 0. The molecule has 0 atom stereocenters. The Morgan fingerprint density at radius 1 is 0.750 bits per heavy atom. The standard InChI is InChI=1S/C24H32/c1-17-5-11-23(12-6-17)24-15-9-21(10-16-24)8-14-22-13-7-18(2)19(3)20(22)4/h7,9-10,13,15-17,23H,5-6,8,11-12,14H2,1-4H3. The molecular weight excluding hydrogens is 288 g/mol. The predicted octanol–water partition coefficient (Wildman–Crippen LogP) is 6.69. The summed E-state index contributed by atoms with van der Waals surface area (Å²) in [6.45, 7) is 9.11. The zero-order valence-corrected chi connectivity index (χ0v) is 15.9. The molecule has 128 valence electrons. The van der Waals surface area contributed by atoms with Crippen molar-refractivity contribution in [2.24, 2.45) is 5.92 Å². The maximum absolute atomic E-state index is 2.40. The molecule has 1 fully saturated rings. The monoisotopic (exact) mass is 320 g/mol. The van der Waals surface area contributed by atoms with E-state index in [2.05, 4.69) is 64.1 Å². The van der Waals surface area contributed by atoms with Crippen LogP contribution in [-0.4, -0.2) is 0 Å². The molecule has 0 saturated heterocycles. The molecule has 0 amide bonds. The average Bonchev–Trinajstić information content (AvgIpc) is 2.60. The predicted molar refractivity (Wildman–Crippen MR) is 105 cm³/mol. The molecule has 0 radical (unpaired) electrons. The van der Waals surface area contributed by atoms with Crippen molar-refractivity contribution in [1.82, 2.24) is 0 Å². The topological polar surface area (TPSA) is 0 Å². The average molecular weight is 321 g/mol. The molecule has 1 saturated carbocycles. The van der Waals surface area contributed by atoms with Gasteiger partial charge in [0, 0.05) is 0 Å². The normalized spacial score (nSPS) is 21.0. The van der Waals surface area contributed by atoms with E-state index in [1.807, 2.05) is 0 Å². The molecule has 0 spiro atoms. The van der Waals surface area contributed by atoms with Crippen LogP contribution in [0.4, 0.5) is 0 Å². The fourth-order valence-corrected chi connectivity index (χ4v) is 4.11. The molecule has 0 N–H and O–H groups in total.